The molecule has 6 fully saturated rings. The molecule has 0 spiro atoms. The maximum Gasteiger partial charge on any atom is 0.335 e. The topological polar surface area (TPSA) is 339 Å². The Balaban J connectivity index is -0.0000000894. The zero-order chi connectivity index (χ0) is 79.7. The van der Waals surface area contributed by atoms with Crippen LogP contribution in [0.2, 0.25) is 0 Å². The molecule has 0 aromatic carbocycles. The first-order valence-electron chi connectivity index (χ1n) is 32.4. The van der Waals surface area contributed by atoms with Crippen LogP contribution < -0.4 is 42.4 Å². The third kappa shape index (κ3) is 123. The van der Waals surface area contributed by atoms with E-state index < -0.39 is 75.4 Å². The fourth-order valence-corrected chi connectivity index (χ4v) is 9.97. The number of amides is 1. The number of ether oxygens (including phenoxy) is 4. The van der Waals surface area contributed by atoms with Crippen molar-refractivity contribution in [3.63, 3.8) is 0 Å². The van der Waals surface area contributed by atoms with Crippen LogP contribution in [-0.2, 0) is 70.0 Å². The van der Waals surface area contributed by atoms with Gasteiger partial charge in [0.15, 0.2) is 0 Å². The monoisotopic (exact) mass is 2940 g/mol. The molecule has 624 valence electrons. The largest absolute Gasteiger partial charge is 0.335 e. The molecule has 21 nitrogen and oxygen atoms in total. The van der Waals surface area contributed by atoms with Gasteiger partial charge in [0.1, 0.15) is 22.6 Å². The van der Waals surface area contributed by atoms with Crippen molar-refractivity contribution < 1.29 is 98.3 Å². The van der Waals surface area contributed by atoms with Crippen molar-refractivity contribution in [1.82, 2.24) is 10.2 Å². The Hall–Kier alpha value is 5.20. The van der Waals surface area contributed by atoms with E-state index in [9.17, 15) is 19.2 Å². The number of ketones is 1. The number of Topliss-reactive ketones (excluding diaryl/α,β-unsaturated/α-hetero) is 1. The Bertz CT molecular complexity index is 2060. The van der Waals surface area contributed by atoms with E-state index in [-0.39, 0.29) is 41.2 Å². The molecule has 6 aliphatic carbocycles. The summed E-state index contributed by atoms with van der Waals surface area (Å²) in [4.78, 5) is 46.8. The van der Waals surface area contributed by atoms with E-state index in [1.165, 1.54) is 103 Å². The van der Waals surface area contributed by atoms with E-state index in [1.54, 1.807) is 41.5 Å². The Morgan fingerprint density at radius 1 is 0.485 bits per heavy atom. The van der Waals surface area contributed by atoms with Crippen molar-refractivity contribution in [1.29, 1.82) is 10.5 Å². The van der Waals surface area contributed by atoms with Gasteiger partial charge in [-0.25, -0.2) is 19.2 Å². The van der Waals surface area contributed by atoms with E-state index in [0.717, 1.165) is 118 Å². The summed E-state index contributed by atoms with van der Waals surface area (Å²) < 4.78 is 85.3. The number of halogens is 14. The molecule has 0 aromatic rings. The second-order valence-corrected chi connectivity index (χ2v) is 109. The summed E-state index contributed by atoms with van der Waals surface area (Å²) in [6.07, 6.45) is 27.2. The average Bonchev–Trinajstić information content (AvgIpc) is 0.970. The number of carbonyl (C=O) groups excluding carboxylic acids is 4. The van der Waals surface area contributed by atoms with Crippen LogP contribution in [0.25, 0.3) is 0 Å². The number of hydrogen-bond acceptors (Lipinski definition) is 20. The fourth-order valence-electron chi connectivity index (χ4n) is 9.75. The second kappa shape index (κ2) is 96.0. The molecular weight excluding hydrogens is 2820 g/mol. The first kappa shape index (κ1) is 134. The summed E-state index contributed by atoms with van der Waals surface area (Å²) in [7, 11) is -0.353. The third-order valence-corrected chi connectivity index (χ3v) is 15.4. The predicted octanol–water partition coefficient (Wildman–Crippen LogP) is 18.9. The van der Waals surface area contributed by atoms with E-state index in [2.05, 4.69) is 236 Å². The summed E-state index contributed by atoms with van der Waals surface area (Å²) >= 11 is 24.7. The van der Waals surface area contributed by atoms with Crippen LogP contribution in [0.3, 0.4) is 0 Å². The smallest absolute Gasteiger partial charge is 0.168 e. The van der Waals surface area contributed by atoms with Crippen molar-refractivity contribution in [2.75, 3.05) is 19.6 Å². The molecule has 6 rings (SSSR count). The van der Waals surface area contributed by atoms with Gasteiger partial charge in [-0.3, -0.25) is 4.79 Å². The fraction of sp³-hybridized carbons (Fsp3) is 0.906. The number of nitrogens with zero attached hydrogens (tertiary/aromatic N) is 2. The van der Waals surface area contributed by atoms with Crippen LogP contribution in [-0.4, -0.2) is 94.3 Å². The van der Waals surface area contributed by atoms with Crippen molar-refractivity contribution in [2.45, 2.75) is 290 Å². The molecule has 6 saturated carbocycles. The van der Waals surface area contributed by atoms with Gasteiger partial charge in [-0.2, -0.15) is 44.2 Å². The molecule has 0 atom stereocenters. The number of nitrogens with one attached hydrogen (secondary N) is 2. The average molecular weight is 2940 g/mol. The number of rotatable bonds is 5. The molecular formula is C64H123Cl2I12N5O16S4-2. The second-order valence-electron chi connectivity index (χ2n) is 27.3. The number of hydrogen-bond donors (Lipinski definition) is 3. The minimum Gasteiger partial charge on any atom is -0.168 e. The van der Waals surface area contributed by atoms with E-state index in [4.69, 9.17) is 75.9 Å². The molecule has 6 aliphatic rings. The molecule has 1 amide bonds. The molecule has 103 heavy (non-hydrogen) atoms. The Morgan fingerprint density at radius 3 is 0.903 bits per heavy atom. The quantitative estimate of drug-likeness (QED) is 0.0757. The van der Waals surface area contributed by atoms with Gasteiger partial charge in [0.25, 0.3) is 0 Å². The molecule has 39 heteroatoms. The summed E-state index contributed by atoms with van der Waals surface area (Å²) in [5.41, 5.74) is 3.76. The van der Waals surface area contributed by atoms with Gasteiger partial charge in [0, 0.05) is 75.0 Å². The Kier molecular flexibility index (Phi) is 125. The van der Waals surface area contributed by atoms with Crippen LogP contribution in [0.4, 0.5) is 14.4 Å². The molecule has 4 N–H and O–H groups in total. The SMILES string of the molecule is C.C.CC(C)(C)OC(=O)OC(=O)OC(C)(C)C.CC1CCC(=O)CC1.CC1CCC(C#N)CC1.CC1CCC(C#N)CC1.CC1CCC(CN)CC1.CC1CCC(CNC(=O)OC(C)(C)C)CC1.CC1CCC(CNCl)CC1.Cl.II.II(I)I.I[I-]I.I[I-]I.O=S=O.O=S=O.O=S=O.O=S=O. The van der Waals surface area contributed by atoms with E-state index in [1.807, 2.05) is 20.8 Å². The number of carbonyl (C=O) groups is 4. The van der Waals surface area contributed by atoms with E-state index >= 15 is 0 Å². The number of nitriles is 2. The van der Waals surface area contributed by atoms with Gasteiger partial charge in [-0.15, -0.1) is 12.4 Å². The van der Waals surface area contributed by atoms with Crippen LogP contribution in [0.5, 0.6) is 0 Å². The molecule has 0 saturated heterocycles. The molecule has 0 aliphatic heterocycles. The molecule has 0 unspecified atom stereocenters. The Labute approximate surface area is 767 Å². The van der Waals surface area contributed by atoms with Crippen LogP contribution >= 0.6 is 200 Å². The van der Waals surface area contributed by atoms with Gasteiger partial charge in [-0.1, -0.05) is 94.9 Å². The molecule has 0 radical (unpaired) electrons. The maximum atomic E-state index is 11.4. The standard InChI is InChI=1S/C13H25NO2.C10H18O5.C8H16ClN.C8H17N.2C8H13N.C7H12O.2CH4.ClH.I4.2I3.I2.4O2S/c1-10-5-7-11(8-6-10)9-14-12(15)16-13(2,3)4;1-9(2,3)14-7(11)13-8(12)15-10(4,5)6;1-7-2-4-8(5-3-7)6-10-9;3*1-7-2-4-8(6-9)5-3-7;1-6-2-4-7(8)5-3-6;;;;1-4(2)3;2*1-3-2;1-2;4*1-3-2/h10-11H,5-9H2,1-4H3,(H,14,15);1-6H3;7-8,10H,2-6H2,1H3;7-8H,2-6,9H2,1H3;2*7-8H,2-5H2,1H3;6H,2-5H2,1H3;2*1H4;1H;;;;;;;;/q;;;;;;;;;;;2*-1;;;;;. The van der Waals surface area contributed by atoms with Crippen molar-refractivity contribution in [3.8, 4) is 12.1 Å². The zero-order valence-electron chi connectivity index (χ0n) is 60.9. The molecule has 0 aromatic heterocycles. The normalized spacial score (nSPS) is 21.8. The molecule has 0 bridgehead atoms. The summed E-state index contributed by atoms with van der Waals surface area (Å²) in [5, 5.41) is 19.9. The predicted molar refractivity (Wildman–Crippen MR) is 507 cm³/mol. The zero-order valence-corrected chi connectivity index (χ0v) is 91.6. The Morgan fingerprint density at radius 2 is 0.699 bits per heavy atom. The summed E-state index contributed by atoms with van der Waals surface area (Å²) in [5.74, 6) is 8.86. The summed E-state index contributed by atoms with van der Waals surface area (Å²) in [6.45, 7) is 32.1. The van der Waals surface area contributed by atoms with Gasteiger partial charge < -0.3 is 30.0 Å². The first-order chi connectivity index (χ1) is 46.7. The van der Waals surface area contributed by atoms with Crippen molar-refractivity contribution in [2.24, 2.45) is 70.8 Å². The third-order valence-electron chi connectivity index (χ3n) is 15.2. The van der Waals surface area contributed by atoms with Crippen LogP contribution in [0.15, 0.2) is 0 Å². The summed E-state index contributed by atoms with van der Waals surface area (Å²) in [6, 6.07) is 4.65. The minimum atomic E-state index is -1.06. The van der Waals surface area contributed by atoms with Crippen LogP contribution in [0, 0.1) is 87.8 Å². The number of alkyl carbamates (subject to hydrolysis) is 1. The van der Waals surface area contributed by atoms with E-state index in [0.29, 0.717) is 50.0 Å². The van der Waals surface area contributed by atoms with Crippen molar-refractivity contribution in [3.05, 3.63) is 0 Å². The van der Waals surface area contributed by atoms with Crippen LogP contribution in [0.1, 0.15) is 273 Å². The van der Waals surface area contributed by atoms with Gasteiger partial charge in [0.2, 0.25) is 0 Å². The van der Waals surface area contributed by atoms with Gasteiger partial charge >= 0.3 is 229 Å². The van der Waals surface area contributed by atoms with Gasteiger partial charge in [0.05, 0.1) is 12.1 Å². The first-order valence-corrected chi connectivity index (χ1v) is 85.7. The number of nitrogens with two attached hydrogens (primary N) is 1. The van der Waals surface area contributed by atoms with Gasteiger partial charge in [-0.05, 0) is 237 Å². The maximum absolute atomic E-state index is 11.4. The van der Waals surface area contributed by atoms with Crippen molar-refractivity contribution >= 4 is 270 Å². The minimum absolute atomic E-state index is 0. The molecule has 0 heterocycles.